The Bertz CT molecular complexity index is 362. The van der Waals surface area contributed by atoms with Crippen molar-refractivity contribution in [3.05, 3.63) is 0 Å². The van der Waals surface area contributed by atoms with E-state index < -0.39 is 0 Å². The molecule has 0 aromatic heterocycles. The predicted octanol–water partition coefficient (Wildman–Crippen LogP) is 2.29. The topological polar surface area (TPSA) is 19.0 Å². The molecule has 0 aromatic rings. The average Bonchev–Trinajstić information content (AvgIpc) is 2.53. The molecule has 0 atom stereocenters. The first-order valence-corrected chi connectivity index (χ1v) is 9.92. The second kappa shape index (κ2) is 7.81. The highest BCUT2D eigenvalue weighted by molar-refractivity contribution is 5.02. The average molecular weight is 324 g/mol. The van der Waals surface area contributed by atoms with Gasteiger partial charge in [0.25, 0.3) is 0 Å². The van der Waals surface area contributed by atoms with E-state index in [1.165, 1.54) is 71.5 Å². The van der Waals surface area contributed by atoms with Crippen molar-refractivity contribution in [1.29, 1.82) is 0 Å². The molecule has 0 N–H and O–H groups in total. The third kappa shape index (κ3) is 4.09. The lowest BCUT2D eigenvalue weighted by Gasteiger charge is -2.55. The van der Waals surface area contributed by atoms with Gasteiger partial charge in [-0.3, -0.25) is 4.90 Å². The van der Waals surface area contributed by atoms with Crippen molar-refractivity contribution in [3.8, 4) is 0 Å². The third-order valence-corrected chi connectivity index (χ3v) is 6.34. The number of piperazine rings is 1. The lowest BCUT2D eigenvalue weighted by atomic mass is 9.89. The number of piperidine rings is 1. The van der Waals surface area contributed by atoms with E-state index in [9.17, 15) is 0 Å². The molecule has 3 heterocycles. The zero-order chi connectivity index (χ0) is 16.3. The van der Waals surface area contributed by atoms with Crippen LogP contribution in [0.1, 0.15) is 46.5 Å². The lowest BCUT2D eigenvalue weighted by Crippen LogP contribution is -2.71. The summed E-state index contributed by atoms with van der Waals surface area (Å²) in [6.07, 6.45) is 5.47. The molecule has 0 aromatic carbocycles. The minimum absolute atomic E-state index is 0.356. The Kier molecular flexibility index (Phi) is 6.00. The van der Waals surface area contributed by atoms with Crippen LogP contribution >= 0.6 is 0 Å². The van der Waals surface area contributed by atoms with Gasteiger partial charge >= 0.3 is 0 Å². The van der Waals surface area contributed by atoms with Crippen molar-refractivity contribution in [1.82, 2.24) is 14.7 Å². The number of likely N-dealkylation sites (tertiary alicyclic amines) is 1. The lowest BCUT2D eigenvalue weighted by molar-refractivity contribution is -0.169. The van der Waals surface area contributed by atoms with Gasteiger partial charge in [-0.25, -0.2) is 0 Å². The van der Waals surface area contributed by atoms with Crippen molar-refractivity contribution in [3.63, 3.8) is 0 Å². The Hall–Kier alpha value is -0.160. The molecule has 23 heavy (non-hydrogen) atoms. The fourth-order valence-corrected chi connectivity index (χ4v) is 4.64. The van der Waals surface area contributed by atoms with E-state index in [2.05, 4.69) is 35.5 Å². The summed E-state index contributed by atoms with van der Waals surface area (Å²) in [6.45, 7) is 17.8. The van der Waals surface area contributed by atoms with Crippen molar-refractivity contribution in [2.75, 3.05) is 59.0 Å². The summed E-state index contributed by atoms with van der Waals surface area (Å²) in [5, 5.41) is 0. The quantitative estimate of drug-likeness (QED) is 0.746. The van der Waals surface area contributed by atoms with Gasteiger partial charge in [0.15, 0.2) is 0 Å². The van der Waals surface area contributed by atoms with Gasteiger partial charge in [0.1, 0.15) is 0 Å². The van der Waals surface area contributed by atoms with Crippen LogP contribution in [0.25, 0.3) is 0 Å². The van der Waals surface area contributed by atoms with Crippen LogP contribution in [-0.4, -0.2) is 85.3 Å². The van der Waals surface area contributed by atoms with Gasteiger partial charge in [0, 0.05) is 25.7 Å². The van der Waals surface area contributed by atoms with Gasteiger partial charge in [-0.1, -0.05) is 6.92 Å². The molecular formula is C19H37N3O. The number of hydrogen-bond acceptors (Lipinski definition) is 4. The molecule has 4 nitrogen and oxygen atoms in total. The highest BCUT2D eigenvalue weighted by atomic mass is 16.5. The first-order chi connectivity index (χ1) is 11.1. The first-order valence-electron chi connectivity index (χ1n) is 9.92. The Balaban J connectivity index is 1.41. The van der Waals surface area contributed by atoms with Crippen molar-refractivity contribution < 1.29 is 4.74 Å². The summed E-state index contributed by atoms with van der Waals surface area (Å²) < 4.78 is 5.60. The SMILES string of the molecule is CCCN1CCN(CCC2CCN(C(C)C)CC2)CC12COC2. The molecule has 1 spiro atoms. The highest BCUT2D eigenvalue weighted by Crippen LogP contribution is 2.30. The normalized spacial score (nSPS) is 27.7. The van der Waals surface area contributed by atoms with E-state index in [1.54, 1.807) is 0 Å². The summed E-state index contributed by atoms with van der Waals surface area (Å²) in [4.78, 5) is 8.07. The zero-order valence-electron chi connectivity index (χ0n) is 15.6. The summed E-state index contributed by atoms with van der Waals surface area (Å²) in [7, 11) is 0. The Labute approximate surface area is 143 Å². The second-order valence-corrected chi connectivity index (χ2v) is 8.34. The Morgan fingerprint density at radius 1 is 1.04 bits per heavy atom. The summed E-state index contributed by atoms with van der Waals surface area (Å²) in [5.74, 6) is 0.951. The summed E-state index contributed by atoms with van der Waals surface area (Å²) in [6, 6.07) is 0.723. The standard InChI is InChI=1S/C19H37N3O/c1-4-8-22-13-12-20(14-19(22)15-23-16-19)9-5-18-6-10-21(11-7-18)17(2)3/h17-18H,4-16H2,1-3H3. The Morgan fingerprint density at radius 3 is 2.35 bits per heavy atom. The van der Waals surface area contributed by atoms with Crippen LogP contribution in [-0.2, 0) is 4.74 Å². The molecule has 0 aliphatic carbocycles. The first kappa shape index (κ1) is 17.7. The molecule has 4 heteroatoms. The van der Waals surface area contributed by atoms with Gasteiger partial charge < -0.3 is 14.5 Å². The maximum atomic E-state index is 5.60. The van der Waals surface area contributed by atoms with E-state index in [-0.39, 0.29) is 0 Å². The molecule has 0 saturated carbocycles. The van der Waals surface area contributed by atoms with Gasteiger partial charge in [0.2, 0.25) is 0 Å². The van der Waals surface area contributed by atoms with Crippen LogP contribution in [0.2, 0.25) is 0 Å². The smallest absolute Gasteiger partial charge is 0.0807 e. The van der Waals surface area contributed by atoms with E-state index in [1.807, 2.05) is 0 Å². The van der Waals surface area contributed by atoms with Crippen molar-refractivity contribution in [2.24, 2.45) is 5.92 Å². The monoisotopic (exact) mass is 323 g/mol. The molecule has 3 rings (SSSR count). The molecule has 0 unspecified atom stereocenters. The van der Waals surface area contributed by atoms with Gasteiger partial charge in [-0.2, -0.15) is 0 Å². The van der Waals surface area contributed by atoms with Crippen LogP contribution < -0.4 is 0 Å². The molecule has 134 valence electrons. The molecular weight excluding hydrogens is 286 g/mol. The molecule has 0 radical (unpaired) electrons. The van der Waals surface area contributed by atoms with Crippen molar-refractivity contribution >= 4 is 0 Å². The van der Waals surface area contributed by atoms with Gasteiger partial charge in [-0.05, 0) is 71.6 Å². The summed E-state index contributed by atoms with van der Waals surface area (Å²) >= 11 is 0. The molecule has 3 saturated heterocycles. The van der Waals surface area contributed by atoms with Crippen LogP contribution in [0.4, 0.5) is 0 Å². The second-order valence-electron chi connectivity index (χ2n) is 8.34. The van der Waals surface area contributed by atoms with E-state index in [0.717, 1.165) is 25.2 Å². The van der Waals surface area contributed by atoms with Gasteiger partial charge in [-0.15, -0.1) is 0 Å². The Morgan fingerprint density at radius 2 is 1.78 bits per heavy atom. The van der Waals surface area contributed by atoms with Crippen LogP contribution in [0.15, 0.2) is 0 Å². The van der Waals surface area contributed by atoms with Gasteiger partial charge in [0.05, 0.1) is 18.8 Å². The number of ether oxygens (including phenoxy) is 1. The zero-order valence-corrected chi connectivity index (χ0v) is 15.6. The van der Waals surface area contributed by atoms with E-state index >= 15 is 0 Å². The maximum Gasteiger partial charge on any atom is 0.0807 e. The fraction of sp³-hybridized carbons (Fsp3) is 1.00. The van der Waals surface area contributed by atoms with Crippen LogP contribution in [0.5, 0.6) is 0 Å². The van der Waals surface area contributed by atoms with Crippen LogP contribution in [0, 0.1) is 5.92 Å². The molecule has 0 bridgehead atoms. The number of rotatable bonds is 6. The van der Waals surface area contributed by atoms with E-state index in [4.69, 9.17) is 4.74 Å². The molecule has 0 amide bonds. The minimum atomic E-state index is 0.356. The minimum Gasteiger partial charge on any atom is -0.377 e. The number of hydrogen-bond donors (Lipinski definition) is 0. The van der Waals surface area contributed by atoms with Crippen molar-refractivity contribution in [2.45, 2.75) is 58.0 Å². The maximum absolute atomic E-state index is 5.60. The number of nitrogens with zero attached hydrogens (tertiary/aromatic N) is 3. The molecule has 3 aliphatic rings. The van der Waals surface area contributed by atoms with Crippen LogP contribution in [0.3, 0.4) is 0 Å². The molecule has 3 fully saturated rings. The summed E-state index contributed by atoms with van der Waals surface area (Å²) in [5.41, 5.74) is 0.356. The third-order valence-electron chi connectivity index (χ3n) is 6.34. The molecule has 3 aliphatic heterocycles. The predicted molar refractivity (Wildman–Crippen MR) is 95.9 cm³/mol. The fourth-order valence-electron chi connectivity index (χ4n) is 4.64. The van der Waals surface area contributed by atoms with E-state index in [0.29, 0.717) is 5.54 Å². The largest absolute Gasteiger partial charge is 0.377 e. The highest BCUT2D eigenvalue weighted by Gasteiger charge is 2.47.